The predicted octanol–water partition coefficient (Wildman–Crippen LogP) is 2.98. The van der Waals surface area contributed by atoms with E-state index in [9.17, 15) is 18.4 Å². The quantitative estimate of drug-likeness (QED) is 0.663. The fourth-order valence-electron chi connectivity index (χ4n) is 2.06. The number of amides is 1. The smallest absolute Gasteiger partial charge is 0.277 e. The van der Waals surface area contributed by atoms with E-state index in [1.807, 2.05) is 12.1 Å². The van der Waals surface area contributed by atoms with Crippen molar-refractivity contribution < 1.29 is 18.4 Å². The fourth-order valence-corrected chi connectivity index (χ4v) is 2.06. The monoisotopic (exact) mass is 362 g/mol. The van der Waals surface area contributed by atoms with Crippen LogP contribution in [0.2, 0.25) is 0 Å². The van der Waals surface area contributed by atoms with Crippen molar-refractivity contribution >= 4 is 24.1 Å². The molecule has 0 heterocycles. The van der Waals surface area contributed by atoms with E-state index < -0.39 is 24.9 Å². The van der Waals surface area contributed by atoms with Crippen molar-refractivity contribution in [1.29, 1.82) is 0 Å². The van der Waals surface area contributed by atoms with Crippen LogP contribution in [-0.4, -0.2) is 30.7 Å². The highest BCUT2D eigenvalue weighted by atomic mass is 35.5. The lowest BCUT2D eigenvalue weighted by Crippen LogP contribution is -2.41. The number of rotatable bonds is 9. The summed E-state index contributed by atoms with van der Waals surface area (Å²) in [5.74, 6) is -3.34. The third kappa shape index (κ3) is 8.36. The molecule has 24 heavy (non-hydrogen) atoms. The molecule has 0 aromatic heterocycles. The zero-order chi connectivity index (χ0) is 17.5. The number of hydrogen-bond donors (Lipinski definition) is 2. The molecule has 0 radical (unpaired) electrons. The Bertz CT molecular complexity index is 534. The van der Waals surface area contributed by atoms with Crippen molar-refractivity contribution in [2.75, 3.05) is 13.1 Å². The van der Waals surface area contributed by atoms with Crippen LogP contribution >= 0.6 is 12.4 Å². The first kappa shape index (κ1) is 22.5. The molecule has 0 aliphatic rings. The molecule has 0 fully saturated rings. The van der Waals surface area contributed by atoms with Gasteiger partial charge >= 0.3 is 0 Å². The van der Waals surface area contributed by atoms with Crippen molar-refractivity contribution in [3.63, 3.8) is 0 Å². The summed E-state index contributed by atoms with van der Waals surface area (Å²) >= 11 is 0. The summed E-state index contributed by atoms with van der Waals surface area (Å²) in [7, 11) is 0. The number of hydrogen-bond acceptors (Lipinski definition) is 3. The van der Waals surface area contributed by atoms with Crippen molar-refractivity contribution in [3.8, 4) is 0 Å². The third-order valence-corrected chi connectivity index (χ3v) is 3.34. The van der Waals surface area contributed by atoms with Gasteiger partial charge in [-0.15, -0.1) is 12.4 Å². The van der Waals surface area contributed by atoms with E-state index in [4.69, 9.17) is 5.73 Å². The van der Waals surface area contributed by atoms with Crippen LogP contribution < -0.4 is 11.1 Å². The van der Waals surface area contributed by atoms with Gasteiger partial charge in [-0.1, -0.05) is 38.1 Å². The normalized spacial score (nSPS) is 11.1. The highest BCUT2D eigenvalue weighted by molar-refractivity contribution is 5.97. The van der Waals surface area contributed by atoms with E-state index in [0.717, 1.165) is 12.0 Å². The van der Waals surface area contributed by atoms with Crippen LogP contribution in [0, 0.1) is 5.92 Å². The molecule has 0 aliphatic heterocycles. The van der Waals surface area contributed by atoms with Crippen molar-refractivity contribution in [1.82, 2.24) is 5.32 Å². The van der Waals surface area contributed by atoms with Crippen LogP contribution in [0.1, 0.15) is 42.6 Å². The minimum absolute atomic E-state index is 0. The average Bonchev–Trinajstić information content (AvgIpc) is 2.51. The van der Waals surface area contributed by atoms with Gasteiger partial charge in [0.2, 0.25) is 5.91 Å². The molecule has 1 aromatic carbocycles. The SMILES string of the molecule is CC(C)Cc1ccc(C(=O)CCC(=O)NCC(F)(F)CN)cc1.Cl. The standard InChI is InChI=1S/C17H24F2N2O2.ClH/c1-12(2)9-13-3-5-14(6-4-13)15(22)7-8-16(23)21-11-17(18,19)10-20;/h3-6,12H,7-11,20H2,1-2H3,(H,21,23);1H. The summed E-state index contributed by atoms with van der Waals surface area (Å²) in [6.07, 6.45) is 0.809. The molecule has 3 N–H and O–H groups in total. The summed E-state index contributed by atoms with van der Waals surface area (Å²) < 4.78 is 25.8. The summed E-state index contributed by atoms with van der Waals surface area (Å²) in [6.45, 7) is 2.60. The lowest BCUT2D eigenvalue weighted by Gasteiger charge is -2.14. The molecule has 0 saturated heterocycles. The molecule has 4 nitrogen and oxygen atoms in total. The molecule has 0 aliphatic carbocycles. The van der Waals surface area contributed by atoms with Gasteiger partial charge in [0.1, 0.15) is 0 Å². The van der Waals surface area contributed by atoms with Crippen LogP contribution in [0.5, 0.6) is 0 Å². The first-order valence-corrected chi connectivity index (χ1v) is 7.70. The number of halogens is 3. The molecule has 0 spiro atoms. The molecule has 0 bridgehead atoms. The predicted molar refractivity (Wildman–Crippen MR) is 92.8 cm³/mol. The Morgan fingerprint density at radius 3 is 2.25 bits per heavy atom. The Morgan fingerprint density at radius 1 is 1.17 bits per heavy atom. The lowest BCUT2D eigenvalue weighted by atomic mass is 9.99. The number of Topliss-reactive ketones (excluding diaryl/α,β-unsaturated/α-hetero) is 1. The summed E-state index contributed by atoms with van der Waals surface area (Å²) in [5.41, 5.74) is 6.55. The number of carbonyl (C=O) groups excluding carboxylic acids is 2. The van der Waals surface area contributed by atoms with E-state index >= 15 is 0 Å². The first-order chi connectivity index (χ1) is 10.7. The molecule has 136 valence electrons. The summed E-state index contributed by atoms with van der Waals surface area (Å²) in [4.78, 5) is 23.5. The number of alkyl halides is 2. The second kappa shape index (κ2) is 10.4. The lowest BCUT2D eigenvalue weighted by molar-refractivity contribution is -0.122. The van der Waals surface area contributed by atoms with Crippen LogP contribution in [0.4, 0.5) is 8.78 Å². The van der Waals surface area contributed by atoms with Crippen LogP contribution in [0.3, 0.4) is 0 Å². The molecular formula is C17H25ClF2N2O2. The average molecular weight is 363 g/mol. The van der Waals surface area contributed by atoms with E-state index in [-0.39, 0.29) is 31.0 Å². The Hall–Kier alpha value is -1.53. The van der Waals surface area contributed by atoms with Gasteiger partial charge in [-0.2, -0.15) is 0 Å². The van der Waals surface area contributed by atoms with Crippen molar-refractivity contribution in [2.24, 2.45) is 11.7 Å². The molecule has 1 rings (SSSR count). The number of ketones is 1. The summed E-state index contributed by atoms with van der Waals surface area (Å²) in [5, 5.41) is 2.09. The van der Waals surface area contributed by atoms with Crippen molar-refractivity contribution in [2.45, 2.75) is 39.0 Å². The third-order valence-electron chi connectivity index (χ3n) is 3.34. The first-order valence-electron chi connectivity index (χ1n) is 7.70. The summed E-state index contributed by atoms with van der Waals surface area (Å²) in [6, 6.07) is 7.27. The van der Waals surface area contributed by atoms with Crippen LogP contribution in [-0.2, 0) is 11.2 Å². The molecular weight excluding hydrogens is 338 g/mol. The molecule has 0 unspecified atom stereocenters. The van der Waals surface area contributed by atoms with Crippen molar-refractivity contribution in [3.05, 3.63) is 35.4 Å². The number of nitrogens with two attached hydrogens (primary N) is 1. The Labute approximate surface area is 147 Å². The van der Waals surface area contributed by atoms with Gasteiger partial charge in [-0.05, 0) is 17.9 Å². The topological polar surface area (TPSA) is 72.2 Å². The second-order valence-corrected chi connectivity index (χ2v) is 6.05. The van der Waals surface area contributed by atoms with E-state index in [0.29, 0.717) is 11.5 Å². The van der Waals surface area contributed by atoms with Gasteiger partial charge < -0.3 is 11.1 Å². The zero-order valence-corrected chi connectivity index (χ0v) is 14.8. The number of nitrogens with one attached hydrogen (secondary N) is 1. The Kier molecular flexibility index (Phi) is 9.70. The van der Waals surface area contributed by atoms with Gasteiger partial charge in [0.05, 0.1) is 13.1 Å². The maximum Gasteiger partial charge on any atom is 0.277 e. The molecule has 0 atom stereocenters. The maximum atomic E-state index is 12.9. The second-order valence-electron chi connectivity index (χ2n) is 6.05. The fraction of sp³-hybridized carbons (Fsp3) is 0.529. The van der Waals surface area contributed by atoms with Crippen LogP contribution in [0.15, 0.2) is 24.3 Å². The maximum absolute atomic E-state index is 12.9. The highest BCUT2D eigenvalue weighted by Crippen LogP contribution is 2.12. The Balaban J connectivity index is 0.00000529. The van der Waals surface area contributed by atoms with Gasteiger partial charge in [-0.3, -0.25) is 9.59 Å². The van der Waals surface area contributed by atoms with E-state index in [1.165, 1.54) is 0 Å². The largest absolute Gasteiger partial charge is 0.350 e. The van der Waals surface area contributed by atoms with E-state index in [1.54, 1.807) is 12.1 Å². The zero-order valence-electron chi connectivity index (χ0n) is 14.0. The number of benzene rings is 1. The van der Waals surface area contributed by atoms with E-state index in [2.05, 4.69) is 19.2 Å². The minimum Gasteiger partial charge on any atom is -0.350 e. The highest BCUT2D eigenvalue weighted by Gasteiger charge is 2.27. The molecule has 1 aromatic rings. The molecule has 7 heteroatoms. The molecule has 1 amide bonds. The Morgan fingerprint density at radius 2 is 1.75 bits per heavy atom. The van der Waals surface area contributed by atoms with Gasteiger partial charge in [0.25, 0.3) is 5.92 Å². The van der Waals surface area contributed by atoms with Gasteiger partial charge in [0, 0.05) is 18.4 Å². The molecule has 0 saturated carbocycles. The number of carbonyl (C=O) groups is 2. The van der Waals surface area contributed by atoms with Gasteiger partial charge in [-0.25, -0.2) is 8.78 Å². The van der Waals surface area contributed by atoms with Crippen LogP contribution in [0.25, 0.3) is 0 Å². The minimum atomic E-state index is -3.12. The van der Waals surface area contributed by atoms with Gasteiger partial charge in [0.15, 0.2) is 5.78 Å².